The Bertz CT molecular complexity index is 914. The van der Waals surface area contributed by atoms with Crippen molar-refractivity contribution >= 4 is 33.9 Å². The third kappa shape index (κ3) is 4.35. The molecule has 2 aromatic carbocycles. The van der Waals surface area contributed by atoms with E-state index in [1.54, 1.807) is 0 Å². The number of H-pyrrole nitrogens is 1. The smallest absolute Gasteiger partial charge is 0.362 e. The molecular formula is C19H18F3N3S. The highest BCUT2D eigenvalue weighted by atomic mass is 32.1. The Morgan fingerprint density at radius 2 is 1.85 bits per heavy atom. The molecule has 0 unspecified atom stereocenters. The Labute approximate surface area is 154 Å². The lowest BCUT2D eigenvalue weighted by Crippen LogP contribution is -2.30. The monoisotopic (exact) mass is 377 g/mol. The number of benzene rings is 2. The molecule has 0 aliphatic heterocycles. The lowest BCUT2D eigenvalue weighted by molar-refractivity contribution is -0.137. The van der Waals surface area contributed by atoms with Gasteiger partial charge in [0.05, 0.1) is 5.56 Å². The Morgan fingerprint density at radius 1 is 1.12 bits per heavy atom. The van der Waals surface area contributed by atoms with E-state index < -0.39 is 11.7 Å². The van der Waals surface area contributed by atoms with Crippen molar-refractivity contribution in [3.05, 3.63) is 65.4 Å². The van der Waals surface area contributed by atoms with E-state index in [1.165, 1.54) is 28.6 Å². The van der Waals surface area contributed by atoms with Crippen LogP contribution in [0.5, 0.6) is 0 Å². The number of halogens is 3. The molecule has 0 saturated heterocycles. The summed E-state index contributed by atoms with van der Waals surface area (Å²) in [5.41, 5.74) is 3.31. The zero-order valence-electron chi connectivity index (χ0n) is 14.1. The SMILES string of the molecule is Cc1ccc2[nH]cc(CCNC(=S)Nc3ccc(C(F)(F)F)cc3)c2c1. The van der Waals surface area contributed by atoms with E-state index in [4.69, 9.17) is 12.2 Å². The summed E-state index contributed by atoms with van der Waals surface area (Å²) in [5, 5.41) is 7.53. The van der Waals surface area contributed by atoms with Crippen LogP contribution >= 0.6 is 12.2 Å². The van der Waals surface area contributed by atoms with Crippen LogP contribution in [0.25, 0.3) is 10.9 Å². The molecule has 0 aliphatic rings. The molecular weight excluding hydrogens is 359 g/mol. The van der Waals surface area contributed by atoms with E-state index >= 15 is 0 Å². The second-order valence-electron chi connectivity index (χ2n) is 6.07. The van der Waals surface area contributed by atoms with Gasteiger partial charge in [0, 0.05) is 29.3 Å². The lowest BCUT2D eigenvalue weighted by Gasteiger charge is -2.12. The molecule has 0 amide bonds. The summed E-state index contributed by atoms with van der Waals surface area (Å²) in [7, 11) is 0. The highest BCUT2D eigenvalue weighted by Crippen LogP contribution is 2.29. The van der Waals surface area contributed by atoms with Gasteiger partial charge in [-0.2, -0.15) is 13.2 Å². The molecule has 136 valence electrons. The minimum absolute atomic E-state index is 0.376. The van der Waals surface area contributed by atoms with Gasteiger partial charge in [0.1, 0.15) is 0 Å². The highest BCUT2D eigenvalue weighted by Gasteiger charge is 2.29. The molecule has 26 heavy (non-hydrogen) atoms. The highest BCUT2D eigenvalue weighted by molar-refractivity contribution is 7.80. The maximum absolute atomic E-state index is 12.6. The summed E-state index contributed by atoms with van der Waals surface area (Å²) in [4.78, 5) is 3.24. The van der Waals surface area contributed by atoms with Crippen LogP contribution in [0.2, 0.25) is 0 Å². The molecule has 3 N–H and O–H groups in total. The first-order valence-electron chi connectivity index (χ1n) is 8.11. The zero-order valence-corrected chi connectivity index (χ0v) is 14.9. The molecule has 0 bridgehead atoms. The van der Waals surface area contributed by atoms with Gasteiger partial charge < -0.3 is 15.6 Å². The third-order valence-electron chi connectivity index (χ3n) is 4.07. The summed E-state index contributed by atoms with van der Waals surface area (Å²) >= 11 is 5.20. The summed E-state index contributed by atoms with van der Waals surface area (Å²) < 4.78 is 37.7. The summed E-state index contributed by atoms with van der Waals surface area (Å²) in [6.07, 6.45) is -1.58. The van der Waals surface area contributed by atoms with Crippen molar-refractivity contribution in [3.63, 3.8) is 0 Å². The molecule has 3 aromatic rings. The van der Waals surface area contributed by atoms with Gasteiger partial charge in [-0.1, -0.05) is 11.6 Å². The van der Waals surface area contributed by atoms with Crippen LogP contribution in [0.3, 0.4) is 0 Å². The van der Waals surface area contributed by atoms with Crippen molar-refractivity contribution in [2.75, 3.05) is 11.9 Å². The molecule has 1 heterocycles. The predicted molar refractivity (Wildman–Crippen MR) is 102 cm³/mol. The number of fused-ring (bicyclic) bond motifs is 1. The van der Waals surface area contributed by atoms with Crippen LogP contribution < -0.4 is 10.6 Å². The fraction of sp³-hybridized carbons (Fsp3) is 0.211. The number of nitrogens with one attached hydrogen (secondary N) is 3. The van der Waals surface area contributed by atoms with Crippen molar-refractivity contribution < 1.29 is 13.2 Å². The fourth-order valence-electron chi connectivity index (χ4n) is 2.73. The standard InChI is InChI=1S/C19H18F3N3S/c1-12-2-7-17-16(10-12)13(11-24-17)8-9-23-18(26)25-15-5-3-14(4-6-15)19(20,21)22/h2-7,10-11,24H,8-9H2,1H3,(H2,23,25,26). The molecule has 1 aromatic heterocycles. The number of aryl methyl sites for hydroxylation is 1. The first kappa shape index (κ1) is 18.3. The number of hydrogen-bond donors (Lipinski definition) is 3. The maximum Gasteiger partial charge on any atom is 0.416 e. The van der Waals surface area contributed by atoms with E-state index in [0.29, 0.717) is 17.3 Å². The minimum atomic E-state index is -4.34. The summed E-state index contributed by atoms with van der Waals surface area (Å²) in [6.45, 7) is 2.67. The van der Waals surface area contributed by atoms with Gasteiger partial charge in [-0.3, -0.25) is 0 Å². The van der Waals surface area contributed by atoms with Gasteiger partial charge >= 0.3 is 6.18 Å². The average Bonchev–Trinajstić information content (AvgIpc) is 2.97. The van der Waals surface area contributed by atoms with Crippen LogP contribution in [0.4, 0.5) is 18.9 Å². The van der Waals surface area contributed by atoms with Gasteiger partial charge in [0.25, 0.3) is 0 Å². The summed E-state index contributed by atoms with van der Waals surface area (Å²) in [5.74, 6) is 0. The lowest BCUT2D eigenvalue weighted by atomic mass is 10.1. The van der Waals surface area contributed by atoms with Crippen molar-refractivity contribution in [2.24, 2.45) is 0 Å². The van der Waals surface area contributed by atoms with E-state index in [-0.39, 0.29) is 0 Å². The first-order valence-corrected chi connectivity index (χ1v) is 8.52. The Kier molecular flexibility index (Phi) is 5.18. The summed E-state index contributed by atoms with van der Waals surface area (Å²) in [6, 6.07) is 11.0. The Balaban J connectivity index is 1.53. The van der Waals surface area contributed by atoms with Gasteiger partial charge in [-0.05, 0) is 67.5 Å². The molecule has 3 nitrogen and oxygen atoms in total. The van der Waals surface area contributed by atoms with E-state index in [1.807, 2.05) is 6.20 Å². The number of anilines is 1. The van der Waals surface area contributed by atoms with Crippen LogP contribution in [0.1, 0.15) is 16.7 Å². The number of hydrogen-bond acceptors (Lipinski definition) is 1. The Hall–Kier alpha value is -2.54. The number of alkyl halides is 3. The molecule has 7 heteroatoms. The fourth-order valence-corrected chi connectivity index (χ4v) is 2.95. The second kappa shape index (κ2) is 7.37. The van der Waals surface area contributed by atoms with E-state index in [0.717, 1.165) is 24.1 Å². The zero-order chi connectivity index (χ0) is 18.7. The first-order chi connectivity index (χ1) is 12.3. The number of aromatic nitrogens is 1. The van der Waals surface area contributed by atoms with Crippen molar-refractivity contribution in [1.82, 2.24) is 10.3 Å². The van der Waals surface area contributed by atoms with Crippen molar-refractivity contribution in [3.8, 4) is 0 Å². The van der Waals surface area contributed by atoms with E-state index in [9.17, 15) is 13.2 Å². The van der Waals surface area contributed by atoms with Crippen LogP contribution in [0, 0.1) is 6.92 Å². The molecule has 0 spiro atoms. The van der Waals surface area contributed by atoms with Crippen LogP contribution in [0.15, 0.2) is 48.7 Å². The largest absolute Gasteiger partial charge is 0.416 e. The van der Waals surface area contributed by atoms with Crippen molar-refractivity contribution in [2.45, 2.75) is 19.5 Å². The van der Waals surface area contributed by atoms with Gasteiger partial charge in [-0.25, -0.2) is 0 Å². The molecule has 0 aliphatic carbocycles. The van der Waals surface area contributed by atoms with Crippen molar-refractivity contribution in [1.29, 1.82) is 0 Å². The van der Waals surface area contributed by atoms with Gasteiger partial charge in [0.2, 0.25) is 0 Å². The second-order valence-corrected chi connectivity index (χ2v) is 6.48. The van der Waals surface area contributed by atoms with Crippen LogP contribution in [-0.4, -0.2) is 16.6 Å². The molecule has 0 radical (unpaired) electrons. The molecule has 0 saturated carbocycles. The topological polar surface area (TPSA) is 39.9 Å². The maximum atomic E-state index is 12.6. The number of rotatable bonds is 4. The predicted octanol–water partition coefficient (Wildman–Crippen LogP) is 5.02. The Morgan fingerprint density at radius 3 is 2.54 bits per heavy atom. The number of thiocarbonyl (C=S) groups is 1. The normalized spacial score (nSPS) is 11.5. The molecule has 3 rings (SSSR count). The quantitative estimate of drug-likeness (QED) is 0.559. The minimum Gasteiger partial charge on any atom is -0.362 e. The number of aromatic amines is 1. The van der Waals surface area contributed by atoms with Gasteiger partial charge in [0.15, 0.2) is 5.11 Å². The van der Waals surface area contributed by atoms with Crippen LogP contribution in [-0.2, 0) is 12.6 Å². The van der Waals surface area contributed by atoms with E-state index in [2.05, 4.69) is 40.7 Å². The van der Waals surface area contributed by atoms with Gasteiger partial charge in [-0.15, -0.1) is 0 Å². The average molecular weight is 377 g/mol. The molecule has 0 atom stereocenters. The molecule has 0 fully saturated rings. The third-order valence-corrected chi connectivity index (χ3v) is 4.32.